The van der Waals surface area contributed by atoms with Crippen LogP contribution in [0.5, 0.6) is 0 Å². The van der Waals surface area contributed by atoms with Crippen LogP contribution in [0.1, 0.15) is 19.7 Å². The van der Waals surface area contributed by atoms with Gasteiger partial charge in [-0.25, -0.2) is 9.78 Å². The minimum Gasteiger partial charge on any atom is -0.383 e. The lowest BCUT2D eigenvalue weighted by Crippen LogP contribution is -2.41. The molecule has 114 valence electrons. The fourth-order valence-electron chi connectivity index (χ4n) is 2.06. The summed E-state index contributed by atoms with van der Waals surface area (Å²) in [5.41, 5.74) is 5.37. The van der Waals surface area contributed by atoms with Gasteiger partial charge in [0.15, 0.2) is 0 Å². The van der Waals surface area contributed by atoms with Crippen molar-refractivity contribution in [1.29, 1.82) is 0 Å². The molecule has 2 rings (SSSR count). The molecule has 0 fully saturated rings. The quantitative estimate of drug-likeness (QED) is 0.725. The molecular weight excluding hydrogens is 272 g/mol. The van der Waals surface area contributed by atoms with E-state index in [4.69, 9.17) is 5.73 Å². The van der Waals surface area contributed by atoms with Crippen molar-refractivity contribution in [2.24, 2.45) is 13.0 Å². The highest BCUT2D eigenvalue weighted by Crippen LogP contribution is 2.13. The second kappa shape index (κ2) is 5.86. The molecule has 21 heavy (non-hydrogen) atoms. The van der Waals surface area contributed by atoms with Crippen LogP contribution in [-0.2, 0) is 20.1 Å². The SMILES string of the molecule is CC(C)Cn1c(N)c(NCc2ncc[nH]2)c(=O)n(C)c1=O. The van der Waals surface area contributed by atoms with E-state index in [1.807, 2.05) is 13.8 Å². The Hall–Kier alpha value is -2.51. The van der Waals surface area contributed by atoms with Gasteiger partial charge in [0, 0.05) is 26.0 Å². The average Bonchev–Trinajstić information content (AvgIpc) is 2.94. The zero-order valence-corrected chi connectivity index (χ0v) is 12.4. The molecule has 0 aromatic carbocycles. The lowest BCUT2D eigenvalue weighted by molar-refractivity contribution is 0.494. The molecule has 0 unspecified atom stereocenters. The summed E-state index contributed by atoms with van der Waals surface area (Å²) < 4.78 is 2.47. The summed E-state index contributed by atoms with van der Waals surface area (Å²) >= 11 is 0. The summed E-state index contributed by atoms with van der Waals surface area (Å²) in [6.45, 7) is 4.74. The molecule has 0 aliphatic rings. The van der Waals surface area contributed by atoms with Crippen molar-refractivity contribution in [3.05, 3.63) is 39.1 Å². The summed E-state index contributed by atoms with van der Waals surface area (Å²) in [5, 5.41) is 2.95. The number of hydrogen-bond acceptors (Lipinski definition) is 5. The van der Waals surface area contributed by atoms with Gasteiger partial charge in [0.2, 0.25) is 0 Å². The van der Waals surface area contributed by atoms with Gasteiger partial charge in [0.1, 0.15) is 17.3 Å². The highest BCUT2D eigenvalue weighted by Gasteiger charge is 2.16. The van der Waals surface area contributed by atoms with Crippen molar-refractivity contribution < 1.29 is 0 Å². The Labute approximate surface area is 121 Å². The van der Waals surface area contributed by atoms with Gasteiger partial charge in [-0.3, -0.25) is 13.9 Å². The Bertz CT molecular complexity index is 726. The minimum absolute atomic E-state index is 0.156. The van der Waals surface area contributed by atoms with E-state index >= 15 is 0 Å². The van der Waals surface area contributed by atoms with E-state index in [-0.39, 0.29) is 17.4 Å². The third-order valence-electron chi connectivity index (χ3n) is 3.12. The minimum atomic E-state index is -0.441. The number of rotatable bonds is 5. The average molecular weight is 292 g/mol. The van der Waals surface area contributed by atoms with Gasteiger partial charge in [0.25, 0.3) is 5.56 Å². The van der Waals surface area contributed by atoms with Gasteiger partial charge >= 0.3 is 5.69 Å². The summed E-state index contributed by atoms with van der Waals surface area (Å²) in [6, 6.07) is 0. The first-order valence-corrected chi connectivity index (χ1v) is 6.73. The Balaban J connectivity index is 2.42. The van der Waals surface area contributed by atoms with Crippen molar-refractivity contribution in [1.82, 2.24) is 19.1 Å². The highest BCUT2D eigenvalue weighted by molar-refractivity contribution is 5.60. The van der Waals surface area contributed by atoms with Crippen LogP contribution >= 0.6 is 0 Å². The maximum absolute atomic E-state index is 12.2. The largest absolute Gasteiger partial charge is 0.383 e. The van der Waals surface area contributed by atoms with Crippen LogP contribution in [0, 0.1) is 5.92 Å². The maximum atomic E-state index is 12.2. The summed E-state index contributed by atoms with van der Waals surface area (Å²) in [5.74, 6) is 1.07. The van der Waals surface area contributed by atoms with Crippen LogP contribution in [0.2, 0.25) is 0 Å². The van der Waals surface area contributed by atoms with E-state index in [9.17, 15) is 9.59 Å². The normalized spacial score (nSPS) is 11.0. The van der Waals surface area contributed by atoms with E-state index in [2.05, 4.69) is 15.3 Å². The monoisotopic (exact) mass is 292 g/mol. The Kier molecular flexibility index (Phi) is 4.15. The lowest BCUT2D eigenvalue weighted by Gasteiger charge is -2.17. The molecule has 0 spiro atoms. The van der Waals surface area contributed by atoms with E-state index in [0.717, 1.165) is 4.57 Å². The number of nitrogens with two attached hydrogens (primary N) is 1. The number of anilines is 2. The zero-order chi connectivity index (χ0) is 15.6. The summed E-state index contributed by atoms with van der Waals surface area (Å²) in [7, 11) is 1.44. The number of nitrogens with zero attached hydrogens (tertiary/aromatic N) is 3. The molecule has 0 aliphatic heterocycles. The number of imidazole rings is 1. The van der Waals surface area contributed by atoms with Crippen molar-refractivity contribution in [2.45, 2.75) is 26.9 Å². The first-order valence-electron chi connectivity index (χ1n) is 6.73. The highest BCUT2D eigenvalue weighted by atomic mass is 16.2. The van der Waals surface area contributed by atoms with Gasteiger partial charge in [0.05, 0.1) is 6.54 Å². The van der Waals surface area contributed by atoms with Crippen molar-refractivity contribution in [2.75, 3.05) is 11.1 Å². The second-order valence-electron chi connectivity index (χ2n) is 5.30. The fraction of sp³-hybridized carbons (Fsp3) is 0.462. The van der Waals surface area contributed by atoms with Gasteiger partial charge in [-0.15, -0.1) is 0 Å². The van der Waals surface area contributed by atoms with Crippen LogP contribution in [-0.4, -0.2) is 19.1 Å². The molecule has 0 radical (unpaired) electrons. The van der Waals surface area contributed by atoms with Crippen LogP contribution in [0.4, 0.5) is 11.5 Å². The summed E-state index contributed by atoms with van der Waals surface area (Å²) in [4.78, 5) is 31.3. The molecule has 0 amide bonds. The first-order chi connectivity index (χ1) is 9.91. The van der Waals surface area contributed by atoms with Crippen LogP contribution in [0.25, 0.3) is 0 Å². The molecule has 2 aromatic heterocycles. The van der Waals surface area contributed by atoms with Crippen molar-refractivity contribution >= 4 is 11.5 Å². The van der Waals surface area contributed by atoms with E-state index in [1.165, 1.54) is 11.6 Å². The standard InChI is InChI=1S/C13H20N6O2/c1-8(2)7-19-11(14)10(12(20)18(3)13(19)21)17-6-9-15-4-5-16-9/h4-5,8,17H,6-7,14H2,1-3H3,(H,15,16). The molecule has 8 nitrogen and oxygen atoms in total. The molecule has 2 aromatic rings. The number of nitrogen functional groups attached to an aromatic ring is 1. The van der Waals surface area contributed by atoms with Gasteiger partial charge in [-0.05, 0) is 5.92 Å². The maximum Gasteiger partial charge on any atom is 0.332 e. The predicted octanol–water partition coefficient (Wildman–Crippen LogP) is 0.120. The number of aromatic amines is 1. The predicted molar refractivity (Wildman–Crippen MR) is 81.1 cm³/mol. The Morgan fingerprint density at radius 3 is 2.71 bits per heavy atom. The van der Waals surface area contributed by atoms with Crippen LogP contribution in [0.3, 0.4) is 0 Å². The van der Waals surface area contributed by atoms with E-state index in [0.29, 0.717) is 18.9 Å². The molecule has 0 aliphatic carbocycles. The van der Waals surface area contributed by atoms with Crippen LogP contribution in [0.15, 0.2) is 22.0 Å². The number of aromatic nitrogens is 4. The Morgan fingerprint density at radius 2 is 2.14 bits per heavy atom. The smallest absolute Gasteiger partial charge is 0.332 e. The van der Waals surface area contributed by atoms with Crippen molar-refractivity contribution in [3.8, 4) is 0 Å². The number of H-pyrrole nitrogens is 1. The lowest BCUT2D eigenvalue weighted by atomic mass is 10.2. The molecule has 4 N–H and O–H groups in total. The third-order valence-corrected chi connectivity index (χ3v) is 3.12. The Morgan fingerprint density at radius 1 is 1.43 bits per heavy atom. The number of hydrogen-bond donors (Lipinski definition) is 3. The molecule has 0 bridgehead atoms. The molecule has 2 heterocycles. The van der Waals surface area contributed by atoms with Gasteiger partial charge in [-0.2, -0.15) is 0 Å². The topological polar surface area (TPSA) is 111 Å². The zero-order valence-electron chi connectivity index (χ0n) is 12.4. The van der Waals surface area contributed by atoms with Crippen molar-refractivity contribution in [3.63, 3.8) is 0 Å². The second-order valence-corrected chi connectivity index (χ2v) is 5.30. The van der Waals surface area contributed by atoms with Gasteiger partial charge < -0.3 is 16.0 Å². The van der Waals surface area contributed by atoms with E-state index < -0.39 is 11.2 Å². The van der Waals surface area contributed by atoms with Crippen LogP contribution < -0.4 is 22.3 Å². The third kappa shape index (κ3) is 2.99. The fourth-order valence-corrected chi connectivity index (χ4v) is 2.06. The van der Waals surface area contributed by atoms with E-state index in [1.54, 1.807) is 12.4 Å². The summed E-state index contributed by atoms with van der Waals surface area (Å²) in [6.07, 6.45) is 3.32. The number of nitrogens with one attached hydrogen (secondary N) is 2. The molecular formula is C13H20N6O2. The molecule has 0 atom stereocenters. The molecule has 0 saturated heterocycles. The molecule has 8 heteroatoms. The first kappa shape index (κ1) is 14.9. The molecule has 0 saturated carbocycles. The van der Waals surface area contributed by atoms with Gasteiger partial charge in [-0.1, -0.05) is 13.8 Å².